The molecular weight excluding hydrogens is 306 g/mol. The molecule has 5 nitrogen and oxygen atoms in total. The van der Waals surface area contributed by atoms with Gasteiger partial charge in [0.1, 0.15) is 0 Å². The molecule has 3 aromatic rings. The first-order valence-electron chi connectivity index (χ1n) is 7.72. The Morgan fingerprint density at radius 3 is 2.62 bits per heavy atom. The van der Waals surface area contributed by atoms with Crippen molar-refractivity contribution in [1.82, 2.24) is 4.57 Å². The van der Waals surface area contributed by atoms with Crippen molar-refractivity contribution in [3.8, 4) is 0 Å². The molecule has 0 amide bonds. The Kier molecular flexibility index (Phi) is 4.61. The van der Waals surface area contributed by atoms with Gasteiger partial charge in [0.05, 0.1) is 5.52 Å². The Labute approximate surface area is 138 Å². The molecule has 0 saturated carbocycles. The number of rotatable bonds is 6. The van der Waals surface area contributed by atoms with Crippen molar-refractivity contribution >= 4 is 23.1 Å². The molecule has 0 atom stereocenters. The lowest BCUT2D eigenvalue weighted by molar-refractivity contribution is -0.131. The SMILES string of the molecule is O=C(O)/C=C/c1ccc(CCCn2c(=O)oc3ccccc32)cc1. The molecular formula is C19H17NO4. The Balaban J connectivity index is 1.63. The minimum atomic E-state index is -0.961. The Bertz CT molecular complexity index is 932. The van der Waals surface area contributed by atoms with Crippen LogP contribution in [0.25, 0.3) is 17.2 Å². The minimum absolute atomic E-state index is 0.328. The van der Waals surface area contributed by atoms with Crippen LogP contribution in [0.3, 0.4) is 0 Å². The van der Waals surface area contributed by atoms with E-state index in [1.54, 1.807) is 16.7 Å². The van der Waals surface area contributed by atoms with Crippen molar-refractivity contribution < 1.29 is 14.3 Å². The van der Waals surface area contributed by atoms with E-state index in [9.17, 15) is 9.59 Å². The normalized spacial score (nSPS) is 11.3. The lowest BCUT2D eigenvalue weighted by Crippen LogP contribution is -2.14. The molecule has 0 aliphatic carbocycles. The van der Waals surface area contributed by atoms with Gasteiger partial charge in [-0.05, 0) is 42.2 Å². The fraction of sp³-hybridized carbons (Fsp3) is 0.158. The van der Waals surface area contributed by atoms with Gasteiger partial charge in [0.2, 0.25) is 0 Å². The minimum Gasteiger partial charge on any atom is -0.478 e. The lowest BCUT2D eigenvalue weighted by atomic mass is 10.1. The second-order valence-corrected chi connectivity index (χ2v) is 5.50. The molecule has 1 aromatic heterocycles. The molecule has 1 N–H and O–H groups in total. The molecule has 2 aromatic carbocycles. The third-order valence-electron chi connectivity index (χ3n) is 3.82. The molecule has 5 heteroatoms. The maximum absolute atomic E-state index is 11.9. The number of hydrogen-bond acceptors (Lipinski definition) is 3. The third kappa shape index (κ3) is 3.63. The Hall–Kier alpha value is -3.08. The number of benzene rings is 2. The average molecular weight is 323 g/mol. The van der Waals surface area contributed by atoms with Crippen molar-refractivity contribution in [2.75, 3.05) is 0 Å². The number of carbonyl (C=O) groups is 1. The number of oxazole rings is 1. The summed E-state index contributed by atoms with van der Waals surface area (Å²) in [6.07, 6.45) is 4.32. The predicted molar refractivity (Wildman–Crippen MR) is 91.9 cm³/mol. The highest BCUT2D eigenvalue weighted by molar-refractivity contribution is 5.85. The van der Waals surface area contributed by atoms with Gasteiger partial charge in [-0.25, -0.2) is 9.59 Å². The van der Waals surface area contributed by atoms with E-state index in [2.05, 4.69) is 0 Å². The van der Waals surface area contributed by atoms with Crippen LogP contribution >= 0.6 is 0 Å². The molecule has 0 aliphatic heterocycles. The zero-order valence-electron chi connectivity index (χ0n) is 13.0. The van der Waals surface area contributed by atoms with E-state index in [-0.39, 0.29) is 5.76 Å². The van der Waals surface area contributed by atoms with Crippen LogP contribution in [0.5, 0.6) is 0 Å². The van der Waals surface area contributed by atoms with Crippen molar-refractivity contribution in [2.45, 2.75) is 19.4 Å². The van der Waals surface area contributed by atoms with Gasteiger partial charge in [0.15, 0.2) is 5.58 Å². The fourth-order valence-corrected chi connectivity index (χ4v) is 2.63. The molecule has 0 aliphatic rings. The topological polar surface area (TPSA) is 72.4 Å². The quantitative estimate of drug-likeness (QED) is 0.706. The highest BCUT2D eigenvalue weighted by Crippen LogP contribution is 2.13. The number of fused-ring (bicyclic) bond motifs is 1. The summed E-state index contributed by atoms with van der Waals surface area (Å²) in [6, 6.07) is 15.1. The van der Waals surface area contributed by atoms with Crippen molar-refractivity contribution in [3.63, 3.8) is 0 Å². The first-order chi connectivity index (χ1) is 11.6. The van der Waals surface area contributed by atoms with Gasteiger partial charge in [-0.2, -0.15) is 0 Å². The van der Waals surface area contributed by atoms with Crippen molar-refractivity contribution in [1.29, 1.82) is 0 Å². The largest absolute Gasteiger partial charge is 0.478 e. The summed E-state index contributed by atoms with van der Waals surface area (Å²) in [4.78, 5) is 22.4. The summed E-state index contributed by atoms with van der Waals surface area (Å²) in [5.74, 6) is -1.29. The Morgan fingerprint density at radius 1 is 1.12 bits per heavy atom. The van der Waals surface area contributed by atoms with E-state index in [1.807, 2.05) is 42.5 Å². The van der Waals surface area contributed by atoms with Crippen molar-refractivity contribution in [3.05, 3.63) is 76.3 Å². The van der Waals surface area contributed by atoms with Crippen LogP contribution in [0.15, 0.2) is 63.8 Å². The van der Waals surface area contributed by atoms with Gasteiger partial charge in [0.25, 0.3) is 0 Å². The van der Waals surface area contributed by atoms with Crippen LogP contribution < -0.4 is 5.76 Å². The standard InChI is InChI=1S/C19H17NO4/c21-18(22)12-11-15-9-7-14(8-10-15)4-3-13-20-16-5-1-2-6-17(16)24-19(20)23/h1-2,5-12H,3-4,13H2,(H,21,22)/b12-11+. The summed E-state index contributed by atoms with van der Waals surface area (Å²) < 4.78 is 6.87. The smallest absolute Gasteiger partial charge is 0.419 e. The molecule has 0 bridgehead atoms. The number of aryl methyl sites for hydroxylation is 2. The summed E-state index contributed by atoms with van der Waals surface area (Å²) in [7, 11) is 0. The number of nitrogens with zero attached hydrogens (tertiary/aromatic N) is 1. The number of aromatic nitrogens is 1. The van der Waals surface area contributed by atoms with Gasteiger partial charge in [0, 0.05) is 12.6 Å². The van der Waals surface area contributed by atoms with Crippen molar-refractivity contribution in [2.24, 2.45) is 0 Å². The molecule has 3 rings (SSSR count). The van der Waals surface area contributed by atoms with Gasteiger partial charge >= 0.3 is 11.7 Å². The maximum atomic E-state index is 11.9. The van der Waals surface area contributed by atoms with E-state index in [1.165, 1.54) is 0 Å². The lowest BCUT2D eigenvalue weighted by Gasteiger charge is -2.04. The second kappa shape index (κ2) is 7.00. The summed E-state index contributed by atoms with van der Waals surface area (Å²) >= 11 is 0. The number of hydrogen-bond donors (Lipinski definition) is 1. The van der Waals surface area contributed by atoms with Crippen LogP contribution in [-0.4, -0.2) is 15.6 Å². The van der Waals surface area contributed by atoms with E-state index in [0.29, 0.717) is 12.1 Å². The second-order valence-electron chi connectivity index (χ2n) is 5.50. The van der Waals surface area contributed by atoms with Crippen LogP contribution in [0, 0.1) is 0 Å². The number of carboxylic acids is 1. The van der Waals surface area contributed by atoms with Crippen LogP contribution in [0.2, 0.25) is 0 Å². The zero-order chi connectivity index (χ0) is 16.9. The summed E-state index contributed by atoms with van der Waals surface area (Å²) in [6.45, 7) is 0.594. The Morgan fingerprint density at radius 2 is 1.88 bits per heavy atom. The van der Waals surface area contributed by atoms with Crippen LogP contribution in [0.1, 0.15) is 17.5 Å². The average Bonchev–Trinajstić information content (AvgIpc) is 2.90. The zero-order valence-corrected chi connectivity index (χ0v) is 13.0. The molecule has 1 heterocycles. The molecule has 0 fully saturated rings. The van der Waals surface area contributed by atoms with Gasteiger partial charge in [-0.15, -0.1) is 0 Å². The van der Waals surface area contributed by atoms with Gasteiger partial charge < -0.3 is 9.52 Å². The highest BCUT2D eigenvalue weighted by atomic mass is 16.4. The number of aliphatic carboxylic acids is 1. The summed E-state index contributed by atoms with van der Waals surface area (Å²) in [5.41, 5.74) is 3.41. The van der Waals surface area contributed by atoms with E-state index < -0.39 is 5.97 Å². The monoisotopic (exact) mass is 323 g/mol. The summed E-state index contributed by atoms with van der Waals surface area (Å²) in [5, 5.41) is 8.61. The van der Waals surface area contributed by atoms with E-state index in [4.69, 9.17) is 9.52 Å². The first kappa shape index (κ1) is 15.8. The number of carboxylic acid groups (broad SMARTS) is 1. The molecule has 24 heavy (non-hydrogen) atoms. The molecule has 122 valence electrons. The fourth-order valence-electron chi connectivity index (χ4n) is 2.63. The maximum Gasteiger partial charge on any atom is 0.419 e. The molecule has 0 radical (unpaired) electrons. The molecule has 0 spiro atoms. The van der Waals surface area contributed by atoms with Gasteiger partial charge in [-0.1, -0.05) is 36.4 Å². The predicted octanol–water partition coefficient (Wildman–Crippen LogP) is 3.33. The third-order valence-corrected chi connectivity index (χ3v) is 3.82. The van der Waals surface area contributed by atoms with E-state index >= 15 is 0 Å². The van der Waals surface area contributed by atoms with Crippen LogP contribution in [0.4, 0.5) is 0 Å². The first-order valence-corrected chi connectivity index (χ1v) is 7.72. The highest BCUT2D eigenvalue weighted by Gasteiger charge is 2.07. The van der Waals surface area contributed by atoms with Crippen LogP contribution in [-0.2, 0) is 17.8 Å². The molecule has 0 unspecified atom stereocenters. The van der Waals surface area contributed by atoms with Gasteiger partial charge in [-0.3, -0.25) is 4.57 Å². The molecule has 0 saturated heterocycles. The number of para-hydroxylation sites is 2. The van der Waals surface area contributed by atoms with E-state index in [0.717, 1.165) is 35.6 Å².